The average Bonchev–Trinajstić information content (AvgIpc) is 2.46. The Bertz CT molecular complexity index is 847. The first kappa shape index (κ1) is 13.1. The van der Waals surface area contributed by atoms with E-state index in [-0.39, 0.29) is 5.43 Å². The zero-order chi connectivity index (χ0) is 14.3. The van der Waals surface area contributed by atoms with Crippen molar-refractivity contribution in [3.05, 3.63) is 52.2 Å². The zero-order valence-corrected chi connectivity index (χ0v) is 12.6. The zero-order valence-electron chi connectivity index (χ0n) is 11.8. The van der Waals surface area contributed by atoms with Gasteiger partial charge in [-0.3, -0.25) is 4.79 Å². The van der Waals surface area contributed by atoms with Crippen LogP contribution in [0.25, 0.3) is 20.2 Å². The number of rotatable bonds is 2. The molecule has 3 aromatic rings. The second-order valence-electron chi connectivity index (χ2n) is 5.20. The Balaban J connectivity index is 2.37. The third-order valence-corrected chi connectivity index (χ3v) is 4.70. The molecule has 0 aliphatic heterocycles. The summed E-state index contributed by atoms with van der Waals surface area (Å²) < 4.78 is 7.26. The molecule has 2 aromatic carbocycles. The number of hydrogen-bond acceptors (Lipinski definition) is 3. The highest BCUT2D eigenvalue weighted by atomic mass is 32.1. The van der Waals surface area contributed by atoms with Crippen molar-refractivity contribution in [1.29, 1.82) is 0 Å². The van der Waals surface area contributed by atoms with Crippen LogP contribution in [0.5, 0.6) is 5.75 Å². The van der Waals surface area contributed by atoms with Crippen molar-refractivity contribution in [3.8, 4) is 5.75 Å². The van der Waals surface area contributed by atoms with Gasteiger partial charge in [-0.25, -0.2) is 0 Å². The number of ether oxygens (including phenoxy) is 1. The lowest BCUT2D eigenvalue weighted by Gasteiger charge is -2.08. The predicted molar refractivity (Wildman–Crippen MR) is 86.2 cm³/mol. The Morgan fingerprint density at radius 2 is 1.80 bits per heavy atom. The molecule has 0 spiro atoms. The Kier molecular flexibility index (Phi) is 3.22. The van der Waals surface area contributed by atoms with Crippen molar-refractivity contribution in [2.24, 2.45) is 0 Å². The topological polar surface area (TPSA) is 26.3 Å². The van der Waals surface area contributed by atoms with E-state index in [9.17, 15) is 4.79 Å². The molecule has 0 N–H and O–H groups in total. The fourth-order valence-electron chi connectivity index (χ4n) is 2.34. The van der Waals surface area contributed by atoms with Crippen LogP contribution < -0.4 is 10.2 Å². The van der Waals surface area contributed by atoms with Crippen molar-refractivity contribution in [1.82, 2.24) is 0 Å². The lowest BCUT2D eigenvalue weighted by molar-refractivity contribution is 0.415. The molecule has 3 rings (SSSR count). The van der Waals surface area contributed by atoms with E-state index >= 15 is 0 Å². The number of benzene rings is 2. The minimum atomic E-state index is 0.0861. The molecule has 20 heavy (non-hydrogen) atoms. The standard InChI is InChI=1S/C17H16O2S/c1-10(2)11-4-6-13-16(8-11)20-15-7-5-12(19-3)9-14(15)17(13)18/h4-10H,1-3H3. The van der Waals surface area contributed by atoms with Gasteiger partial charge in [0.25, 0.3) is 0 Å². The molecule has 0 saturated heterocycles. The molecule has 1 aromatic heterocycles. The third kappa shape index (κ3) is 2.08. The van der Waals surface area contributed by atoms with Gasteiger partial charge in [0, 0.05) is 20.2 Å². The molecule has 0 bridgehead atoms. The van der Waals surface area contributed by atoms with Gasteiger partial charge < -0.3 is 4.74 Å². The molecule has 3 heteroatoms. The van der Waals surface area contributed by atoms with Crippen LogP contribution in [0.1, 0.15) is 25.3 Å². The number of hydrogen-bond donors (Lipinski definition) is 0. The lowest BCUT2D eigenvalue weighted by atomic mass is 10.0. The molecular weight excluding hydrogens is 268 g/mol. The third-order valence-electron chi connectivity index (χ3n) is 3.57. The molecule has 0 amide bonds. The second-order valence-corrected chi connectivity index (χ2v) is 6.29. The van der Waals surface area contributed by atoms with Crippen LogP contribution in [-0.2, 0) is 0 Å². The fourth-order valence-corrected chi connectivity index (χ4v) is 3.44. The van der Waals surface area contributed by atoms with Crippen molar-refractivity contribution in [3.63, 3.8) is 0 Å². The van der Waals surface area contributed by atoms with Gasteiger partial charge in [-0.2, -0.15) is 0 Å². The van der Waals surface area contributed by atoms with E-state index in [2.05, 4.69) is 19.9 Å². The molecule has 102 valence electrons. The van der Waals surface area contributed by atoms with Gasteiger partial charge in [-0.1, -0.05) is 19.9 Å². The minimum Gasteiger partial charge on any atom is -0.497 e. The minimum absolute atomic E-state index is 0.0861. The number of fused-ring (bicyclic) bond motifs is 2. The monoisotopic (exact) mass is 284 g/mol. The maximum Gasteiger partial charge on any atom is 0.196 e. The summed E-state index contributed by atoms with van der Waals surface area (Å²) in [6.45, 7) is 4.33. The van der Waals surface area contributed by atoms with Crippen LogP contribution in [0.3, 0.4) is 0 Å². The van der Waals surface area contributed by atoms with Crippen molar-refractivity contribution >= 4 is 31.5 Å². The molecule has 0 atom stereocenters. The second kappa shape index (κ2) is 4.91. The molecule has 0 aliphatic rings. The van der Waals surface area contributed by atoms with Gasteiger partial charge in [0.1, 0.15) is 5.75 Å². The summed E-state index contributed by atoms with van der Waals surface area (Å²) in [4.78, 5) is 12.6. The molecule has 2 nitrogen and oxygen atoms in total. The summed E-state index contributed by atoms with van der Waals surface area (Å²) in [5.41, 5.74) is 1.35. The molecule has 0 fully saturated rings. The first-order chi connectivity index (χ1) is 9.60. The maximum atomic E-state index is 12.6. The molecule has 1 heterocycles. The van der Waals surface area contributed by atoms with Gasteiger partial charge in [-0.05, 0) is 41.8 Å². The normalized spacial score (nSPS) is 11.4. The van der Waals surface area contributed by atoms with Crippen LogP contribution in [0.4, 0.5) is 0 Å². The highest BCUT2D eigenvalue weighted by molar-refractivity contribution is 7.24. The van der Waals surface area contributed by atoms with Crippen LogP contribution in [0.2, 0.25) is 0 Å². The van der Waals surface area contributed by atoms with Gasteiger partial charge in [0.2, 0.25) is 0 Å². The van der Waals surface area contributed by atoms with Crippen LogP contribution in [-0.4, -0.2) is 7.11 Å². The van der Waals surface area contributed by atoms with E-state index in [1.54, 1.807) is 18.4 Å². The van der Waals surface area contributed by atoms with E-state index in [4.69, 9.17) is 4.74 Å². The molecule has 0 unspecified atom stereocenters. The van der Waals surface area contributed by atoms with Gasteiger partial charge in [0.05, 0.1) is 7.11 Å². The quantitative estimate of drug-likeness (QED) is 0.645. The molecule has 0 radical (unpaired) electrons. The van der Waals surface area contributed by atoms with Gasteiger partial charge in [0.15, 0.2) is 5.43 Å². The maximum absolute atomic E-state index is 12.6. The first-order valence-corrected chi connectivity index (χ1v) is 7.46. The van der Waals surface area contributed by atoms with Gasteiger partial charge in [-0.15, -0.1) is 11.3 Å². The Hall–Kier alpha value is -1.87. The Morgan fingerprint density at radius 1 is 1.00 bits per heavy atom. The molecular formula is C17H16O2S. The lowest BCUT2D eigenvalue weighted by Crippen LogP contribution is -2.02. The predicted octanol–water partition coefficient (Wildman–Crippen LogP) is 4.55. The Labute approximate surface area is 121 Å². The van der Waals surface area contributed by atoms with E-state index < -0.39 is 0 Å². The van der Waals surface area contributed by atoms with Crippen LogP contribution in [0.15, 0.2) is 41.2 Å². The smallest absolute Gasteiger partial charge is 0.196 e. The summed E-state index contributed by atoms with van der Waals surface area (Å²) in [7, 11) is 1.62. The van der Waals surface area contributed by atoms with E-state index in [1.807, 2.05) is 30.3 Å². The van der Waals surface area contributed by atoms with Crippen LogP contribution in [0, 0.1) is 0 Å². The fraction of sp³-hybridized carbons (Fsp3) is 0.235. The SMILES string of the molecule is COc1ccc2sc3cc(C(C)C)ccc3c(=O)c2c1. The van der Waals surface area contributed by atoms with E-state index in [1.165, 1.54) is 5.56 Å². The summed E-state index contributed by atoms with van der Waals surface area (Å²) in [5.74, 6) is 1.19. The highest BCUT2D eigenvalue weighted by Crippen LogP contribution is 2.29. The first-order valence-electron chi connectivity index (χ1n) is 6.64. The number of methoxy groups -OCH3 is 1. The van der Waals surface area contributed by atoms with E-state index in [0.717, 1.165) is 25.9 Å². The summed E-state index contributed by atoms with van der Waals surface area (Å²) >= 11 is 1.66. The van der Waals surface area contributed by atoms with Crippen molar-refractivity contribution in [2.75, 3.05) is 7.11 Å². The largest absolute Gasteiger partial charge is 0.497 e. The van der Waals surface area contributed by atoms with Crippen molar-refractivity contribution in [2.45, 2.75) is 19.8 Å². The summed E-state index contributed by atoms with van der Waals surface area (Å²) in [6, 6.07) is 11.8. The summed E-state index contributed by atoms with van der Waals surface area (Å²) in [5, 5.41) is 1.53. The van der Waals surface area contributed by atoms with E-state index in [0.29, 0.717) is 5.92 Å². The molecule has 0 aliphatic carbocycles. The van der Waals surface area contributed by atoms with Crippen molar-refractivity contribution < 1.29 is 4.74 Å². The average molecular weight is 284 g/mol. The molecule has 0 saturated carbocycles. The van der Waals surface area contributed by atoms with Crippen LogP contribution >= 0.6 is 11.3 Å². The highest BCUT2D eigenvalue weighted by Gasteiger charge is 2.09. The summed E-state index contributed by atoms with van der Waals surface area (Å²) in [6.07, 6.45) is 0. The van der Waals surface area contributed by atoms with Gasteiger partial charge >= 0.3 is 0 Å². The Morgan fingerprint density at radius 3 is 2.50 bits per heavy atom.